The third-order valence-corrected chi connectivity index (χ3v) is 7.08. The maximum absolute atomic E-state index is 13.4. The summed E-state index contributed by atoms with van der Waals surface area (Å²) in [5.41, 5.74) is 2.39. The van der Waals surface area contributed by atoms with Crippen LogP contribution < -0.4 is 16.2 Å². The number of rotatable bonds is 4. The number of carbonyl (C=O) groups excluding carboxylic acids is 1. The number of hydrazone groups is 1. The molecular weight excluding hydrogens is 466 g/mol. The van der Waals surface area contributed by atoms with Gasteiger partial charge in [0.15, 0.2) is 16.2 Å². The number of sulfonamides is 1. The number of nitrogens with two attached hydrogens (primary N) is 1. The van der Waals surface area contributed by atoms with Gasteiger partial charge in [0.25, 0.3) is 0 Å². The highest BCUT2D eigenvalue weighted by molar-refractivity contribution is 7.90. The van der Waals surface area contributed by atoms with Crippen LogP contribution in [0.3, 0.4) is 0 Å². The number of benzene rings is 3. The Balaban J connectivity index is 1.86. The minimum atomic E-state index is -4.48. The molecule has 0 aliphatic rings. The molecule has 35 heavy (non-hydrogen) atoms. The quantitative estimate of drug-likeness (QED) is 0.113. The van der Waals surface area contributed by atoms with Crippen molar-refractivity contribution in [2.45, 2.75) is 25.7 Å². The molecule has 178 valence electrons. The van der Waals surface area contributed by atoms with Gasteiger partial charge in [-0.2, -0.15) is 13.2 Å². The van der Waals surface area contributed by atoms with E-state index in [2.05, 4.69) is 0 Å². The summed E-state index contributed by atoms with van der Waals surface area (Å²) in [6.45, 7) is 5.05. The molecule has 0 atom stereocenters. The molecule has 0 saturated heterocycles. The number of amides is 2. The van der Waals surface area contributed by atoms with Crippen LogP contribution in [0.2, 0.25) is 0 Å². The Morgan fingerprint density at radius 3 is 1.91 bits per heavy atom. The van der Waals surface area contributed by atoms with Crippen molar-refractivity contribution in [1.29, 1.82) is 0 Å². The van der Waals surface area contributed by atoms with Gasteiger partial charge >= 0.3 is 21.7 Å². The van der Waals surface area contributed by atoms with Gasteiger partial charge in [-0.15, -0.1) is 4.72 Å². The van der Waals surface area contributed by atoms with E-state index in [1.54, 1.807) is 75.4 Å². The molecule has 0 radical (unpaired) electrons. The molecule has 4 rings (SSSR count). The Morgan fingerprint density at radius 2 is 1.37 bits per heavy atom. The highest BCUT2D eigenvalue weighted by Crippen LogP contribution is 2.30. The molecule has 0 aliphatic carbocycles. The van der Waals surface area contributed by atoms with Crippen LogP contribution in [0.5, 0.6) is 0 Å². The van der Waals surface area contributed by atoms with Crippen LogP contribution in [0.1, 0.15) is 27.8 Å². The minimum Gasteiger partial charge on any atom is -0.421 e. The zero-order valence-electron chi connectivity index (χ0n) is 19.4. The van der Waals surface area contributed by atoms with E-state index >= 15 is 0 Å². The fourth-order valence-corrected chi connectivity index (χ4v) is 5.49. The van der Waals surface area contributed by atoms with Crippen LogP contribution in [0.25, 0.3) is 11.0 Å². The summed E-state index contributed by atoms with van der Waals surface area (Å²) in [6, 6.07) is 19.7. The lowest BCUT2D eigenvalue weighted by molar-refractivity contribution is -0.437. The number of urea groups is 1. The number of nitrogens with one attached hydrogen (secondary N) is 1. The number of hydrogen-bond donors (Lipinski definition) is 2. The molecule has 0 fully saturated rings. The second-order valence-electron chi connectivity index (χ2n) is 8.15. The predicted octanol–water partition coefficient (Wildman–Crippen LogP) is 3.54. The zero-order chi connectivity index (χ0) is 25.3. The van der Waals surface area contributed by atoms with E-state index in [-0.39, 0.29) is 10.5 Å². The molecule has 0 unspecified atom stereocenters. The van der Waals surface area contributed by atoms with Crippen LogP contribution in [0.15, 0.2) is 86.9 Å². The van der Waals surface area contributed by atoms with Crippen LogP contribution >= 0.6 is 0 Å². The average molecular weight is 491 g/mol. The van der Waals surface area contributed by atoms with E-state index in [9.17, 15) is 18.0 Å². The van der Waals surface area contributed by atoms with E-state index in [1.165, 1.54) is 6.07 Å². The molecule has 8 nitrogen and oxygen atoms in total. The second kappa shape index (κ2) is 9.19. The minimum absolute atomic E-state index is 0.105. The van der Waals surface area contributed by atoms with E-state index in [1.807, 2.05) is 16.9 Å². The van der Waals surface area contributed by atoms with Gasteiger partial charge in [0.1, 0.15) is 0 Å². The van der Waals surface area contributed by atoms with Crippen molar-refractivity contribution in [3.63, 3.8) is 0 Å². The van der Waals surface area contributed by atoms with Gasteiger partial charge in [-0.25, -0.2) is 4.79 Å². The summed E-state index contributed by atoms with van der Waals surface area (Å²) < 4.78 is 35.0. The molecule has 0 aliphatic heterocycles. The molecule has 3 aromatic carbocycles. The SMILES string of the molecule is Cc1cc(C)c2c(C)cc(=O)oc2c1S(=O)(=O)NC(=O)[N+](N)=C(c1ccccc1)c1ccccc1. The number of carbonyl (C=O) groups is 1. The van der Waals surface area contributed by atoms with Gasteiger partial charge in [-0.05, 0) is 37.5 Å². The smallest absolute Gasteiger partial charge is 0.421 e. The Labute approximate surface area is 202 Å². The largest absolute Gasteiger partial charge is 0.530 e. The van der Waals surface area contributed by atoms with Gasteiger partial charge in [0, 0.05) is 22.6 Å². The molecule has 0 bridgehead atoms. The van der Waals surface area contributed by atoms with E-state index in [4.69, 9.17) is 10.3 Å². The van der Waals surface area contributed by atoms with Crippen molar-refractivity contribution in [2.24, 2.45) is 5.84 Å². The van der Waals surface area contributed by atoms with Gasteiger partial charge < -0.3 is 4.42 Å². The molecule has 9 heteroatoms. The lowest BCUT2D eigenvalue weighted by Gasteiger charge is -2.12. The zero-order valence-corrected chi connectivity index (χ0v) is 20.2. The first-order chi connectivity index (χ1) is 16.6. The topological polar surface area (TPSA) is 122 Å². The van der Waals surface area contributed by atoms with Crippen molar-refractivity contribution in [1.82, 2.24) is 4.72 Å². The highest BCUT2D eigenvalue weighted by Gasteiger charge is 2.33. The van der Waals surface area contributed by atoms with Gasteiger partial charge in [-0.3, -0.25) is 5.84 Å². The Bertz CT molecular complexity index is 1600. The van der Waals surface area contributed by atoms with E-state index < -0.39 is 21.7 Å². The molecule has 1 aromatic heterocycles. The van der Waals surface area contributed by atoms with Crippen LogP contribution in [-0.4, -0.2) is 24.8 Å². The van der Waals surface area contributed by atoms with Crippen molar-refractivity contribution in [2.75, 3.05) is 0 Å². The Morgan fingerprint density at radius 1 is 0.857 bits per heavy atom. The molecular formula is C26H24N3O5S+. The molecule has 2 amide bonds. The second-order valence-corrected chi connectivity index (χ2v) is 9.77. The summed E-state index contributed by atoms with van der Waals surface area (Å²) in [5.74, 6) is 6.18. The normalized spacial score (nSPS) is 11.3. The van der Waals surface area contributed by atoms with Crippen molar-refractivity contribution >= 4 is 32.7 Å². The summed E-state index contributed by atoms with van der Waals surface area (Å²) in [7, 11) is -4.48. The fraction of sp³-hybridized carbons (Fsp3) is 0.115. The number of hydrazine groups is 1. The first kappa shape index (κ1) is 23.9. The van der Waals surface area contributed by atoms with Crippen molar-refractivity contribution < 1.29 is 22.3 Å². The van der Waals surface area contributed by atoms with E-state index in [0.717, 1.165) is 10.2 Å². The summed E-state index contributed by atoms with van der Waals surface area (Å²) >= 11 is 0. The lowest BCUT2D eigenvalue weighted by atomic mass is 10.0. The van der Waals surface area contributed by atoms with Crippen molar-refractivity contribution in [3.05, 3.63) is 111 Å². The van der Waals surface area contributed by atoms with Crippen LogP contribution in [0.4, 0.5) is 4.79 Å². The van der Waals surface area contributed by atoms with Crippen molar-refractivity contribution in [3.8, 4) is 0 Å². The maximum Gasteiger partial charge on any atom is 0.530 e. The van der Waals surface area contributed by atoms with Crippen LogP contribution in [-0.2, 0) is 10.0 Å². The number of aryl methyl sites for hydroxylation is 3. The van der Waals surface area contributed by atoms with Gasteiger partial charge in [0.05, 0.1) is 0 Å². The first-order valence-corrected chi connectivity index (χ1v) is 12.2. The Hall–Kier alpha value is -4.24. The predicted molar refractivity (Wildman–Crippen MR) is 133 cm³/mol. The summed E-state index contributed by atoms with van der Waals surface area (Å²) in [5, 5.41) is 0.494. The standard InChI is InChI=1S/C26H23N3O5S/c1-16-14-18(3)25(24-22(16)17(2)15-21(30)34-24)35(32,33)28-26(31)29(27)23(19-10-6-4-7-11-19)20-12-8-5-9-13-20/h4-15H,27H2,1-3H3/p+1. The highest BCUT2D eigenvalue weighted by atomic mass is 32.2. The van der Waals surface area contributed by atoms with Gasteiger partial charge in [-0.1, -0.05) is 71.4 Å². The third kappa shape index (κ3) is 4.58. The molecule has 3 N–H and O–H groups in total. The fourth-order valence-electron chi connectivity index (χ4n) is 4.19. The summed E-state index contributed by atoms with van der Waals surface area (Å²) in [4.78, 5) is 24.9. The summed E-state index contributed by atoms with van der Waals surface area (Å²) in [6.07, 6.45) is 0. The lowest BCUT2D eigenvalue weighted by Crippen LogP contribution is -2.44. The monoisotopic (exact) mass is 490 g/mol. The first-order valence-electron chi connectivity index (χ1n) is 10.7. The Kier molecular flexibility index (Phi) is 6.27. The van der Waals surface area contributed by atoms with E-state index in [0.29, 0.717) is 33.4 Å². The molecule has 0 saturated carbocycles. The average Bonchev–Trinajstić information content (AvgIpc) is 2.79. The number of nitrogens with zero attached hydrogens (tertiary/aromatic N) is 1. The van der Waals surface area contributed by atoms with Crippen LogP contribution in [0, 0.1) is 20.8 Å². The third-order valence-electron chi connectivity index (χ3n) is 5.59. The molecule has 4 aromatic rings. The number of fused-ring (bicyclic) bond motifs is 1. The molecule has 0 spiro atoms. The molecule has 1 heterocycles. The number of hydrogen-bond acceptors (Lipinski definition) is 6. The maximum atomic E-state index is 13.4. The van der Waals surface area contributed by atoms with Gasteiger partial charge in [0.2, 0.25) is 0 Å².